The highest BCUT2D eigenvalue weighted by atomic mass is 32.3. The summed E-state index contributed by atoms with van der Waals surface area (Å²) in [5.41, 5.74) is 0. The molecule has 0 aliphatic heterocycles. The molecule has 4 heteroatoms. The summed E-state index contributed by atoms with van der Waals surface area (Å²) in [6, 6.07) is 0. The molecule has 0 bridgehead atoms. The van der Waals surface area contributed by atoms with E-state index in [9.17, 15) is 0 Å². The summed E-state index contributed by atoms with van der Waals surface area (Å²) < 4.78 is 10.2. The predicted octanol–water partition coefficient (Wildman–Crippen LogP) is 2.64. The largest absolute Gasteiger partial charge is 0.434 e. The van der Waals surface area contributed by atoms with Crippen molar-refractivity contribution in [2.24, 2.45) is 4.40 Å². The van der Waals surface area contributed by atoms with E-state index in [0.29, 0.717) is 0 Å². The average molecular weight is 211 g/mol. The van der Waals surface area contributed by atoms with Crippen LogP contribution in [0, 0.1) is 0 Å². The zero-order chi connectivity index (χ0) is 9.99. The van der Waals surface area contributed by atoms with Crippen molar-refractivity contribution >= 4 is 26.4 Å². The maximum absolute atomic E-state index is 5.67. The summed E-state index contributed by atoms with van der Waals surface area (Å²) in [5.74, 6) is 0.833. The van der Waals surface area contributed by atoms with Crippen LogP contribution in [0.15, 0.2) is 4.40 Å². The summed E-state index contributed by atoms with van der Waals surface area (Å²) in [5, 5.41) is 0. The van der Waals surface area contributed by atoms with E-state index < -0.39 is 20.5 Å². The minimum Gasteiger partial charge on any atom is -0.434 e. The smallest absolute Gasteiger partial charge is 0.203 e. The zero-order valence-electron chi connectivity index (χ0n) is 9.17. The third kappa shape index (κ3) is 8.27. The standard InChI is InChI=1S/C8H21NOS2/c1-8(9-11(2,3)4)10-12(5,6)7/h1-7H3/b9-8-. The second kappa shape index (κ2) is 3.92. The second-order valence-electron chi connectivity index (χ2n) is 4.19. The van der Waals surface area contributed by atoms with E-state index in [-0.39, 0.29) is 0 Å². The van der Waals surface area contributed by atoms with Crippen molar-refractivity contribution < 1.29 is 4.18 Å². The maximum atomic E-state index is 5.67. The van der Waals surface area contributed by atoms with Crippen LogP contribution < -0.4 is 0 Å². The van der Waals surface area contributed by atoms with Gasteiger partial charge in [-0.3, -0.25) is 0 Å². The van der Waals surface area contributed by atoms with Gasteiger partial charge in [0.05, 0.1) is 0 Å². The van der Waals surface area contributed by atoms with Gasteiger partial charge in [-0.25, -0.2) is 4.40 Å². The van der Waals surface area contributed by atoms with Crippen LogP contribution in [0.3, 0.4) is 0 Å². The van der Waals surface area contributed by atoms with Crippen molar-refractivity contribution in [3.63, 3.8) is 0 Å². The molecule has 0 atom stereocenters. The first kappa shape index (κ1) is 12.2. The zero-order valence-corrected chi connectivity index (χ0v) is 10.8. The molecular formula is C8H21NOS2. The van der Waals surface area contributed by atoms with E-state index in [1.54, 1.807) is 0 Å². The molecule has 0 unspecified atom stereocenters. The number of hydrogen-bond donors (Lipinski definition) is 0. The van der Waals surface area contributed by atoms with Crippen molar-refractivity contribution in [3.05, 3.63) is 0 Å². The molecule has 76 valence electrons. The monoisotopic (exact) mass is 211 g/mol. The van der Waals surface area contributed by atoms with Gasteiger partial charge in [-0.15, -0.1) is 0 Å². The molecule has 0 spiro atoms. The Labute approximate surface area is 79.8 Å². The summed E-state index contributed by atoms with van der Waals surface area (Å²) in [6.07, 6.45) is 12.8. The molecule has 0 saturated heterocycles. The van der Waals surface area contributed by atoms with E-state index in [0.717, 1.165) is 5.90 Å². The maximum Gasteiger partial charge on any atom is 0.203 e. The number of rotatable bonds is 2. The highest BCUT2D eigenvalue weighted by molar-refractivity contribution is 8.31. The van der Waals surface area contributed by atoms with E-state index in [2.05, 4.69) is 41.9 Å². The first-order chi connectivity index (χ1) is 5.10. The van der Waals surface area contributed by atoms with Gasteiger partial charge in [0.2, 0.25) is 5.90 Å². The van der Waals surface area contributed by atoms with Gasteiger partial charge in [0, 0.05) is 6.92 Å². The van der Waals surface area contributed by atoms with Gasteiger partial charge < -0.3 is 4.18 Å². The molecular weight excluding hydrogens is 190 g/mol. The van der Waals surface area contributed by atoms with E-state index in [1.165, 1.54) is 0 Å². The lowest BCUT2D eigenvalue weighted by molar-refractivity contribution is 0.624. The van der Waals surface area contributed by atoms with Crippen LogP contribution in [0.5, 0.6) is 0 Å². The van der Waals surface area contributed by atoms with Crippen LogP contribution in [0.2, 0.25) is 0 Å². The topological polar surface area (TPSA) is 21.6 Å². The Bertz CT molecular complexity index is 176. The minimum absolute atomic E-state index is 0.819. The lowest BCUT2D eigenvalue weighted by Crippen LogP contribution is -2.05. The molecule has 0 amide bonds. The van der Waals surface area contributed by atoms with Crippen molar-refractivity contribution in [1.29, 1.82) is 0 Å². The molecule has 0 radical (unpaired) electrons. The fraction of sp³-hybridized carbons (Fsp3) is 0.875. The van der Waals surface area contributed by atoms with Crippen LogP contribution in [0.1, 0.15) is 6.92 Å². The van der Waals surface area contributed by atoms with Crippen molar-refractivity contribution in [2.45, 2.75) is 6.92 Å². The van der Waals surface area contributed by atoms with Crippen molar-refractivity contribution in [1.82, 2.24) is 0 Å². The molecule has 0 rings (SSSR count). The molecule has 0 aromatic carbocycles. The lowest BCUT2D eigenvalue weighted by Gasteiger charge is -2.28. The van der Waals surface area contributed by atoms with Gasteiger partial charge in [-0.2, -0.15) is 10.2 Å². The molecule has 0 N–H and O–H groups in total. The van der Waals surface area contributed by atoms with Gasteiger partial charge in [0.25, 0.3) is 0 Å². The van der Waals surface area contributed by atoms with Crippen LogP contribution in [0.25, 0.3) is 0 Å². The SMILES string of the molecule is C/C(=N/S(C)(C)C)OS(C)(C)C. The molecule has 12 heavy (non-hydrogen) atoms. The Balaban J connectivity index is 4.23. The summed E-state index contributed by atoms with van der Waals surface area (Å²) >= 11 is 0. The molecule has 0 aliphatic carbocycles. The third-order valence-electron chi connectivity index (χ3n) is 0.773. The molecule has 0 fully saturated rings. The first-order valence-electron chi connectivity index (χ1n) is 3.73. The molecule has 2 nitrogen and oxygen atoms in total. The predicted molar refractivity (Wildman–Crippen MR) is 64.9 cm³/mol. The fourth-order valence-corrected chi connectivity index (χ4v) is 2.38. The van der Waals surface area contributed by atoms with E-state index >= 15 is 0 Å². The number of hydrogen-bond acceptors (Lipinski definition) is 2. The van der Waals surface area contributed by atoms with Crippen LogP contribution in [0.4, 0.5) is 0 Å². The summed E-state index contributed by atoms with van der Waals surface area (Å²) in [6.45, 7) is 1.94. The van der Waals surface area contributed by atoms with Crippen LogP contribution in [-0.4, -0.2) is 43.4 Å². The van der Waals surface area contributed by atoms with Gasteiger partial charge in [0.1, 0.15) is 0 Å². The molecule has 0 aromatic rings. The van der Waals surface area contributed by atoms with Crippen LogP contribution >= 0.6 is 20.5 Å². The Kier molecular flexibility index (Phi) is 3.97. The van der Waals surface area contributed by atoms with E-state index in [4.69, 9.17) is 4.18 Å². The summed E-state index contributed by atoms with van der Waals surface area (Å²) in [4.78, 5) is 0. The van der Waals surface area contributed by atoms with Crippen molar-refractivity contribution in [3.8, 4) is 0 Å². The minimum atomic E-state index is -0.913. The van der Waals surface area contributed by atoms with Crippen LogP contribution in [-0.2, 0) is 4.18 Å². The molecule has 0 aromatic heterocycles. The third-order valence-corrected chi connectivity index (χ3v) is 2.32. The first-order valence-corrected chi connectivity index (χ1v) is 9.32. The van der Waals surface area contributed by atoms with Gasteiger partial charge in [-0.1, -0.05) is 10.3 Å². The normalized spacial score (nSPS) is 17.4. The number of nitrogens with zero attached hydrogens (tertiary/aromatic N) is 1. The molecule has 0 saturated carbocycles. The highest BCUT2D eigenvalue weighted by Gasteiger charge is 2.08. The second-order valence-corrected chi connectivity index (χ2v) is 11.5. The Hall–Kier alpha value is 0.170. The Morgan fingerprint density at radius 2 is 1.42 bits per heavy atom. The van der Waals surface area contributed by atoms with Gasteiger partial charge in [0.15, 0.2) is 0 Å². The summed E-state index contributed by atoms with van der Waals surface area (Å²) in [7, 11) is -1.73. The fourth-order valence-electron chi connectivity index (χ4n) is 0.763. The lowest BCUT2D eigenvalue weighted by atomic mass is 10.8. The van der Waals surface area contributed by atoms with Gasteiger partial charge in [-0.05, 0) is 37.5 Å². The average Bonchev–Trinajstić information content (AvgIpc) is 1.49. The van der Waals surface area contributed by atoms with Gasteiger partial charge >= 0.3 is 0 Å². The molecule has 0 heterocycles. The quantitative estimate of drug-likeness (QED) is 0.508. The van der Waals surface area contributed by atoms with E-state index in [1.807, 2.05) is 6.92 Å². The van der Waals surface area contributed by atoms with Crippen molar-refractivity contribution in [2.75, 3.05) is 37.5 Å². The highest BCUT2D eigenvalue weighted by Crippen LogP contribution is 2.40. The Morgan fingerprint density at radius 1 is 1.00 bits per heavy atom. The molecule has 0 aliphatic rings. The Morgan fingerprint density at radius 3 is 1.67 bits per heavy atom.